The van der Waals surface area contributed by atoms with Crippen molar-refractivity contribution in [2.75, 3.05) is 5.32 Å². The molecule has 0 aliphatic rings. The van der Waals surface area contributed by atoms with Gasteiger partial charge in [-0.1, -0.05) is 57.2 Å². The fourth-order valence-electron chi connectivity index (χ4n) is 2.60. The molecule has 1 unspecified atom stereocenters. The topological polar surface area (TPSA) is 98.5 Å². The van der Waals surface area contributed by atoms with E-state index >= 15 is 0 Å². The molecule has 28 heavy (non-hydrogen) atoms. The lowest BCUT2D eigenvalue weighted by molar-refractivity contribution is -0.384. The minimum absolute atomic E-state index is 0.0494. The van der Waals surface area contributed by atoms with Gasteiger partial charge in [-0.25, -0.2) is 0 Å². The Bertz CT molecular complexity index is 872. The Kier molecular flexibility index (Phi) is 6.51. The molecule has 2 aromatic rings. The minimum Gasteiger partial charge on any atom is -0.447 e. The first-order chi connectivity index (χ1) is 13.1. The van der Waals surface area contributed by atoms with Gasteiger partial charge in [-0.2, -0.15) is 0 Å². The van der Waals surface area contributed by atoms with Gasteiger partial charge in [0.05, 0.1) is 11.3 Å². The van der Waals surface area contributed by atoms with Crippen LogP contribution in [0.5, 0.6) is 0 Å². The first-order valence-corrected chi connectivity index (χ1v) is 8.87. The molecule has 0 radical (unpaired) electrons. The second kappa shape index (κ2) is 8.65. The Morgan fingerprint density at radius 2 is 1.79 bits per heavy atom. The second-order valence-electron chi connectivity index (χ2n) is 7.78. The summed E-state index contributed by atoms with van der Waals surface area (Å²) < 4.78 is 5.45. The fourth-order valence-corrected chi connectivity index (χ4v) is 2.60. The van der Waals surface area contributed by atoms with Gasteiger partial charge in [0.1, 0.15) is 5.69 Å². The zero-order chi connectivity index (χ0) is 20.9. The highest BCUT2D eigenvalue weighted by atomic mass is 16.6. The maximum atomic E-state index is 12.9. The largest absolute Gasteiger partial charge is 0.447 e. The van der Waals surface area contributed by atoms with Crippen LogP contribution in [0.25, 0.3) is 0 Å². The summed E-state index contributed by atoms with van der Waals surface area (Å²) >= 11 is 0. The molecule has 1 atom stereocenters. The van der Waals surface area contributed by atoms with E-state index in [1.807, 2.05) is 20.8 Å². The number of hydrogen-bond donors (Lipinski definition) is 1. The summed E-state index contributed by atoms with van der Waals surface area (Å²) in [5, 5.41) is 13.8. The number of nitro groups is 1. The molecule has 0 fully saturated rings. The van der Waals surface area contributed by atoms with E-state index in [1.165, 1.54) is 12.1 Å². The molecule has 7 heteroatoms. The van der Waals surface area contributed by atoms with Crippen molar-refractivity contribution in [3.05, 3.63) is 69.8 Å². The highest BCUT2D eigenvalue weighted by Crippen LogP contribution is 2.28. The van der Waals surface area contributed by atoms with Crippen LogP contribution in [-0.2, 0) is 14.3 Å². The highest BCUT2D eigenvalue weighted by Gasteiger charge is 2.28. The molecule has 0 bridgehead atoms. The summed E-state index contributed by atoms with van der Waals surface area (Å²) in [6.07, 6.45) is -1.08. The zero-order valence-corrected chi connectivity index (χ0v) is 16.4. The van der Waals surface area contributed by atoms with Gasteiger partial charge >= 0.3 is 5.97 Å². The van der Waals surface area contributed by atoms with Crippen LogP contribution in [0.3, 0.4) is 0 Å². The van der Waals surface area contributed by atoms with Crippen LogP contribution in [0, 0.1) is 22.5 Å². The van der Waals surface area contributed by atoms with E-state index in [4.69, 9.17) is 4.74 Å². The normalized spacial score (nSPS) is 12.1. The van der Waals surface area contributed by atoms with Gasteiger partial charge in [-0.3, -0.25) is 19.7 Å². The minimum atomic E-state index is -1.21. The fraction of sp³-hybridized carbons (Fsp3) is 0.333. The number of ether oxygens (including phenoxy) is 1. The number of amides is 1. The number of aryl methyl sites for hydroxylation is 1. The molecule has 1 amide bonds. The predicted octanol–water partition coefficient (Wildman–Crippen LogP) is 4.56. The van der Waals surface area contributed by atoms with Gasteiger partial charge in [0.25, 0.3) is 11.6 Å². The SMILES string of the molecule is Cc1ccc(NC(=O)C(OC(=O)CC(C)(C)C)c2ccccc2)c([N+](=O)[O-])c1. The quantitative estimate of drug-likeness (QED) is 0.447. The van der Waals surface area contributed by atoms with Crippen molar-refractivity contribution in [2.24, 2.45) is 5.41 Å². The summed E-state index contributed by atoms with van der Waals surface area (Å²) in [4.78, 5) is 35.9. The molecule has 2 rings (SSSR count). The monoisotopic (exact) mass is 384 g/mol. The molecule has 0 saturated heterocycles. The molecular formula is C21H24N2O5. The van der Waals surface area contributed by atoms with Crippen molar-refractivity contribution in [1.82, 2.24) is 0 Å². The summed E-state index contributed by atoms with van der Waals surface area (Å²) in [5.41, 5.74) is 0.706. The number of benzene rings is 2. The lowest BCUT2D eigenvalue weighted by atomic mass is 9.92. The summed E-state index contributed by atoms with van der Waals surface area (Å²) in [5.74, 6) is -1.17. The molecule has 0 spiro atoms. The summed E-state index contributed by atoms with van der Waals surface area (Å²) in [6.45, 7) is 7.39. The molecule has 0 aliphatic heterocycles. The van der Waals surface area contributed by atoms with Gasteiger partial charge in [0.2, 0.25) is 6.10 Å². The molecule has 0 heterocycles. The molecule has 0 aliphatic carbocycles. The van der Waals surface area contributed by atoms with Crippen LogP contribution in [0.4, 0.5) is 11.4 Å². The molecule has 1 N–H and O–H groups in total. The Balaban J connectivity index is 2.30. The summed E-state index contributed by atoms with van der Waals surface area (Å²) in [6, 6.07) is 13.1. The Labute approximate surface area is 163 Å². The zero-order valence-electron chi connectivity index (χ0n) is 16.4. The van der Waals surface area contributed by atoms with Gasteiger partial charge in [0.15, 0.2) is 0 Å². The standard InChI is InChI=1S/C21H24N2O5/c1-14-10-11-16(17(12-14)23(26)27)22-20(25)19(15-8-6-5-7-9-15)28-18(24)13-21(2,3)4/h5-12,19H,13H2,1-4H3,(H,22,25). The van der Waals surface area contributed by atoms with E-state index in [-0.39, 0.29) is 23.2 Å². The number of carbonyl (C=O) groups is 2. The Hall–Kier alpha value is -3.22. The number of anilines is 1. The number of nitro benzene ring substituents is 1. The number of nitrogens with one attached hydrogen (secondary N) is 1. The smallest absolute Gasteiger partial charge is 0.307 e. The molecule has 7 nitrogen and oxygen atoms in total. The van der Waals surface area contributed by atoms with Crippen molar-refractivity contribution in [1.29, 1.82) is 0 Å². The molecule has 0 aromatic heterocycles. The number of nitrogens with zero attached hydrogens (tertiary/aromatic N) is 1. The Morgan fingerprint density at radius 1 is 1.14 bits per heavy atom. The van der Waals surface area contributed by atoms with Crippen LogP contribution < -0.4 is 5.32 Å². The lowest BCUT2D eigenvalue weighted by Crippen LogP contribution is -2.27. The maximum absolute atomic E-state index is 12.9. The number of hydrogen-bond acceptors (Lipinski definition) is 5. The van der Waals surface area contributed by atoms with Gasteiger partial charge in [0, 0.05) is 11.6 Å². The van der Waals surface area contributed by atoms with Crippen LogP contribution in [0.2, 0.25) is 0 Å². The van der Waals surface area contributed by atoms with Gasteiger partial charge < -0.3 is 10.1 Å². The van der Waals surface area contributed by atoms with Crippen molar-refractivity contribution in [2.45, 2.75) is 40.2 Å². The van der Waals surface area contributed by atoms with Crippen molar-refractivity contribution in [3.8, 4) is 0 Å². The van der Waals surface area contributed by atoms with Gasteiger partial charge in [-0.15, -0.1) is 0 Å². The third kappa shape index (κ3) is 5.90. The van der Waals surface area contributed by atoms with E-state index in [0.29, 0.717) is 11.1 Å². The average Bonchev–Trinajstić information content (AvgIpc) is 2.60. The van der Waals surface area contributed by atoms with Crippen molar-refractivity contribution < 1.29 is 19.2 Å². The molecule has 0 saturated carbocycles. The number of esters is 1. The molecule has 148 valence electrons. The third-order valence-electron chi connectivity index (χ3n) is 3.87. The molecular weight excluding hydrogens is 360 g/mol. The van der Waals surface area contributed by atoms with Crippen LogP contribution in [-0.4, -0.2) is 16.8 Å². The van der Waals surface area contributed by atoms with Crippen LogP contribution in [0.15, 0.2) is 48.5 Å². The summed E-state index contributed by atoms with van der Waals surface area (Å²) in [7, 11) is 0. The van der Waals surface area contributed by atoms with E-state index < -0.39 is 22.9 Å². The van der Waals surface area contributed by atoms with Crippen molar-refractivity contribution in [3.63, 3.8) is 0 Å². The number of carbonyl (C=O) groups excluding carboxylic acids is 2. The highest BCUT2D eigenvalue weighted by molar-refractivity contribution is 5.97. The van der Waals surface area contributed by atoms with E-state index in [9.17, 15) is 19.7 Å². The lowest BCUT2D eigenvalue weighted by Gasteiger charge is -2.21. The van der Waals surface area contributed by atoms with E-state index in [1.54, 1.807) is 43.3 Å². The van der Waals surface area contributed by atoms with Crippen LogP contribution >= 0.6 is 0 Å². The van der Waals surface area contributed by atoms with Gasteiger partial charge in [-0.05, 0) is 24.0 Å². The molecule has 2 aromatic carbocycles. The van der Waals surface area contributed by atoms with Crippen molar-refractivity contribution >= 4 is 23.3 Å². The average molecular weight is 384 g/mol. The first kappa shape index (κ1) is 21.1. The van der Waals surface area contributed by atoms with Crippen LogP contribution in [0.1, 0.15) is 44.4 Å². The number of rotatable bonds is 6. The Morgan fingerprint density at radius 3 is 2.36 bits per heavy atom. The maximum Gasteiger partial charge on any atom is 0.307 e. The van der Waals surface area contributed by atoms with E-state index in [0.717, 1.165) is 0 Å². The second-order valence-corrected chi connectivity index (χ2v) is 7.78. The van der Waals surface area contributed by atoms with E-state index in [2.05, 4.69) is 5.32 Å². The first-order valence-electron chi connectivity index (χ1n) is 8.87. The third-order valence-corrected chi connectivity index (χ3v) is 3.87. The predicted molar refractivity (Wildman–Crippen MR) is 106 cm³/mol.